The van der Waals surface area contributed by atoms with Crippen LogP contribution < -0.4 is 10.5 Å². The molecule has 0 radical (unpaired) electrons. The molecule has 0 atom stereocenters. The molecule has 0 amide bonds. The van der Waals surface area contributed by atoms with E-state index in [4.69, 9.17) is 19.2 Å². The molecular formula is C30H25N5O3. The van der Waals surface area contributed by atoms with Crippen molar-refractivity contribution in [3.8, 4) is 11.4 Å². The summed E-state index contributed by atoms with van der Waals surface area (Å²) in [4.78, 5) is 24.2. The highest BCUT2D eigenvalue weighted by molar-refractivity contribution is 5.96. The zero-order valence-corrected chi connectivity index (χ0v) is 21.3. The minimum atomic E-state index is -0.619. The van der Waals surface area contributed by atoms with Crippen LogP contribution in [0.25, 0.3) is 33.8 Å². The number of H-pyrrole nitrogens is 1. The normalized spacial score (nSPS) is 16.1. The Balaban J connectivity index is 1.46. The number of rotatable bonds is 3. The molecule has 3 aromatic heterocycles. The molecule has 2 aromatic carbocycles. The van der Waals surface area contributed by atoms with Crippen LogP contribution in [-0.4, -0.2) is 24.7 Å². The summed E-state index contributed by atoms with van der Waals surface area (Å²) in [5.41, 5.74) is 8.96. The lowest BCUT2D eigenvalue weighted by Crippen LogP contribution is -2.04. The molecule has 5 aromatic rings. The fourth-order valence-electron chi connectivity index (χ4n) is 5.26. The van der Waals surface area contributed by atoms with Crippen LogP contribution in [0, 0.1) is 13.8 Å². The van der Waals surface area contributed by atoms with E-state index in [2.05, 4.69) is 40.3 Å². The Morgan fingerprint density at radius 3 is 2.58 bits per heavy atom. The zero-order chi connectivity index (χ0) is 26.1. The van der Waals surface area contributed by atoms with Gasteiger partial charge in [-0.2, -0.15) is 0 Å². The molecule has 0 bridgehead atoms. The summed E-state index contributed by atoms with van der Waals surface area (Å²) in [5, 5.41) is 3.89. The van der Waals surface area contributed by atoms with E-state index in [0.717, 1.165) is 69.0 Å². The second kappa shape index (κ2) is 8.14. The van der Waals surface area contributed by atoms with E-state index in [1.165, 1.54) is 0 Å². The molecule has 1 saturated carbocycles. The molecule has 1 N–H and O–H groups in total. The Kier molecular flexibility index (Phi) is 4.82. The van der Waals surface area contributed by atoms with Gasteiger partial charge in [0.25, 0.3) is 0 Å². The van der Waals surface area contributed by atoms with Crippen LogP contribution >= 0.6 is 0 Å². The van der Waals surface area contributed by atoms with Crippen LogP contribution in [0.2, 0.25) is 0 Å². The number of pyridine rings is 1. The highest BCUT2D eigenvalue weighted by atomic mass is 16.5. The molecule has 7 rings (SSSR count). The topological polar surface area (TPSA) is 98.8 Å². The van der Waals surface area contributed by atoms with E-state index >= 15 is 0 Å². The van der Waals surface area contributed by atoms with Crippen molar-refractivity contribution in [1.29, 1.82) is 0 Å². The van der Waals surface area contributed by atoms with Crippen molar-refractivity contribution >= 4 is 28.1 Å². The van der Waals surface area contributed by atoms with E-state index in [1.54, 1.807) is 0 Å². The van der Waals surface area contributed by atoms with Gasteiger partial charge in [-0.3, -0.25) is 14.1 Å². The average Bonchev–Trinajstić information content (AvgIpc) is 3.57. The number of nitrogens with zero attached hydrogens (tertiary/aromatic N) is 4. The number of hydrogen-bond acceptors (Lipinski definition) is 6. The molecule has 38 heavy (non-hydrogen) atoms. The van der Waals surface area contributed by atoms with Gasteiger partial charge in [0.05, 0.1) is 5.69 Å². The first-order chi connectivity index (χ1) is 18.4. The molecule has 8 heteroatoms. The molecule has 2 aliphatic rings. The summed E-state index contributed by atoms with van der Waals surface area (Å²) in [6.45, 7) is 10.4. The minimum Gasteiger partial charge on any atom is -0.456 e. The maximum absolute atomic E-state index is 11.7. The highest BCUT2D eigenvalue weighted by Gasteiger charge is 2.32. The molecule has 1 aliphatic carbocycles. The van der Waals surface area contributed by atoms with Crippen molar-refractivity contribution in [3.05, 3.63) is 105 Å². The van der Waals surface area contributed by atoms with Crippen molar-refractivity contribution in [1.82, 2.24) is 24.7 Å². The van der Waals surface area contributed by atoms with E-state index < -0.39 is 5.76 Å². The van der Waals surface area contributed by atoms with Crippen molar-refractivity contribution in [3.63, 3.8) is 0 Å². The van der Waals surface area contributed by atoms with Gasteiger partial charge in [0.15, 0.2) is 11.5 Å². The standard InChI is InChI=1S/C30H25N5O3/c1-15-13-16(2)31-29-25(15)32-28(19-9-10-19)35(29)20-11-12-22-17(3)21-7-5-6-8-23(21)26(37-24(22)14-20)18(4)27-33-30(36)38-34-27/h5-8,11-14,19H,3,9-10H2,1-2,4H3,(H,33,34,36). The van der Waals surface area contributed by atoms with E-state index in [1.807, 2.05) is 50.2 Å². The second-order valence-electron chi connectivity index (χ2n) is 10.0. The van der Waals surface area contributed by atoms with Gasteiger partial charge < -0.3 is 4.74 Å². The van der Waals surface area contributed by atoms with Gasteiger partial charge in [-0.05, 0) is 68.5 Å². The molecule has 0 saturated heterocycles. The summed E-state index contributed by atoms with van der Waals surface area (Å²) in [7, 11) is 0. The average molecular weight is 504 g/mol. The number of imidazole rings is 1. The zero-order valence-electron chi connectivity index (χ0n) is 21.3. The Bertz CT molecular complexity index is 1880. The van der Waals surface area contributed by atoms with Crippen LogP contribution in [0.4, 0.5) is 0 Å². The summed E-state index contributed by atoms with van der Waals surface area (Å²) in [5.74, 6) is 2.37. The smallest absolute Gasteiger partial charge is 0.439 e. The summed E-state index contributed by atoms with van der Waals surface area (Å²) in [6, 6.07) is 16.2. The Morgan fingerprint density at radius 1 is 1.05 bits per heavy atom. The molecule has 1 fully saturated rings. The number of hydrogen-bond donors (Lipinski definition) is 1. The van der Waals surface area contributed by atoms with Crippen LogP contribution in [0.3, 0.4) is 0 Å². The van der Waals surface area contributed by atoms with Crippen molar-refractivity contribution < 1.29 is 9.26 Å². The van der Waals surface area contributed by atoms with Crippen molar-refractivity contribution in [2.75, 3.05) is 0 Å². The van der Waals surface area contributed by atoms with Gasteiger partial charge in [0.2, 0.25) is 0 Å². The third-order valence-corrected chi connectivity index (χ3v) is 7.30. The first kappa shape index (κ1) is 22.5. The lowest BCUT2D eigenvalue weighted by atomic mass is 9.94. The van der Waals surface area contributed by atoms with Gasteiger partial charge in [-0.1, -0.05) is 36.0 Å². The maximum Gasteiger partial charge on any atom is 0.439 e. The summed E-state index contributed by atoms with van der Waals surface area (Å²) >= 11 is 0. The third-order valence-electron chi connectivity index (χ3n) is 7.30. The number of ether oxygens (including phenoxy) is 1. The lowest BCUT2D eigenvalue weighted by Gasteiger charge is -2.15. The van der Waals surface area contributed by atoms with Crippen molar-refractivity contribution in [2.24, 2.45) is 0 Å². The number of fused-ring (bicyclic) bond motifs is 3. The Labute approximate surface area is 218 Å². The second-order valence-corrected chi connectivity index (χ2v) is 10.0. The van der Waals surface area contributed by atoms with E-state index in [-0.39, 0.29) is 0 Å². The first-order valence-corrected chi connectivity index (χ1v) is 12.6. The molecule has 1 aliphatic heterocycles. The van der Waals surface area contributed by atoms with Crippen LogP contribution in [0.5, 0.6) is 5.75 Å². The third kappa shape index (κ3) is 3.44. The first-order valence-electron chi connectivity index (χ1n) is 12.6. The fourth-order valence-corrected chi connectivity index (χ4v) is 5.26. The van der Waals surface area contributed by atoms with Gasteiger partial charge in [0, 0.05) is 34.4 Å². The molecule has 4 heterocycles. The Hall–Kier alpha value is -4.72. The lowest BCUT2D eigenvalue weighted by molar-refractivity contribution is 0.385. The molecule has 8 nitrogen and oxygen atoms in total. The van der Waals surface area contributed by atoms with Gasteiger partial charge in [-0.25, -0.2) is 14.8 Å². The summed E-state index contributed by atoms with van der Waals surface area (Å²) < 4.78 is 13.6. The highest BCUT2D eigenvalue weighted by Crippen LogP contribution is 2.45. The molecule has 0 spiro atoms. The van der Waals surface area contributed by atoms with Gasteiger partial charge in [0.1, 0.15) is 22.8 Å². The number of aromatic amines is 1. The fraction of sp³-hybridized carbons (Fsp3) is 0.200. The Morgan fingerprint density at radius 2 is 1.84 bits per heavy atom. The predicted octanol–water partition coefficient (Wildman–Crippen LogP) is 5.93. The maximum atomic E-state index is 11.7. The van der Waals surface area contributed by atoms with Crippen molar-refractivity contribution in [2.45, 2.75) is 39.5 Å². The number of allylic oxidation sites excluding steroid dienone is 1. The van der Waals surface area contributed by atoms with Crippen LogP contribution in [0.15, 0.2) is 64.4 Å². The number of benzene rings is 2. The minimum absolute atomic E-state index is 0.316. The van der Waals surface area contributed by atoms with Crippen LogP contribution in [-0.2, 0) is 0 Å². The van der Waals surface area contributed by atoms with Gasteiger partial charge in [-0.15, -0.1) is 0 Å². The number of aryl methyl sites for hydroxylation is 2. The quantitative estimate of drug-likeness (QED) is 0.327. The number of aromatic nitrogens is 5. The van der Waals surface area contributed by atoms with Crippen LogP contribution in [0.1, 0.15) is 65.3 Å². The predicted molar refractivity (Wildman–Crippen MR) is 145 cm³/mol. The SMILES string of the molecule is C=C1c2ccc(-n3c(C4CC4)nc4c(C)cc(C)nc43)cc2OC(=C(C)c2noc(=O)[nH]2)c2ccccc21. The number of nitrogens with one attached hydrogen (secondary N) is 1. The molecule has 188 valence electrons. The van der Waals surface area contributed by atoms with Gasteiger partial charge >= 0.3 is 5.76 Å². The largest absolute Gasteiger partial charge is 0.456 e. The van der Waals surface area contributed by atoms with E-state index in [0.29, 0.717) is 28.8 Å². The molecule has 0 unspecified atom stereocenters. The molecular weight excluding hydrogens is 478 g/mol. The monoisotopic (exact) mass is 503 g/mol. The summed E-state index contributed by atoms with van der Waals surface area (Å²) in [6.07, 6.45) is 2.24. The van der Waals surface area contributed by atoms with E-state index in [9.17, 15) is 4.79 Å².